The van der Waals surface area contributed by atoms with E-state index >= 15 is 0 Å². The summed E-state index contributed by atoms with van der Waals surface area (Å²) in [6.45, 7) is 0. The molecule has 1 aliphatic carbocycles. The number of halogens is 2. The minimum Gasteiger partial charge on any atom is -0.397 e. The van der Waals surface area contributed by atoms with Crippen LogP contribution in [0.25, 0.3) is 21.5 Å². The molecule has 1 fully saturated rings. The van der Waals surface area contributed by atoms with Gasteiger partial charge >= 0.3 is 0 Å². The van der Waals surface area contributed by atoms with Gasteiger partial charge < -0.3 is 16.8 Å². The Morgan fingerprint density at radius 2 is 1.92 bits per heavy atom. The van der Waals surface area contributed by atoms with Crippen LogP contribution in [0.1, 0.15) is 22.5 Å². The van der Waals surface area contributed by atoms with Crippen LogP contribution in [0.3, 0.4) is 0 Å². The first-order chi connectivity index (χ1) is 12.0. The van der Waals surface area contributed by atoms with E-state index in [1.54, 1.807) is 0 Å². The van der Waals surface area contributed by atoms with Crippen molar-refractivity contribution in [3.05, 3.63) is 34.7 Å². The summed E-state index contributed by atoms with van der Waals surface area (Å²) in [4.78, 5) is 20.6. The van der Waals surface area contributed by atoms with Gasteiger partial charge in [-0.25, -0.2) is 18.7 Å². The van der Waals surface area contributed by atoms with E-state index in [2.05, 4.69) is 15.3 Å². The van der Waals surface area contributed by atoms with Gasteiger partial charge in [-0.3, -0.25) is 4.79 Å². The number of nitrogen functional groups attached to an aromatic ring is 1. The van der Waals surface area contributed by atoms with Crippen LogP contribution in [0.15, 0.2) is 18.2 Å². The van der Waals surface area contributed by atoms with Crippen molar-refractivity contribution in [2.24, 2.45) is 5.73 Å². The molecule has 0 bridgehead atoms. The van der Waals surface area contributed by atoms with Crippen LogP contribution in [0.5, 0.6) is 0 Å². The zero-order chi connectivity index (χ0) is 17.7. The lowest BCUT2D eigenvalue weighted by atomic mass is 10.1. The summed E-state index contributed by atoms with van der Waals surface area (Å²) >= 11 is 0.979. The number of primary amides is 1. The number of nitrogens with zero attached hydrogens (tertiary/aromatic N) is 2. The fourth-order valence-corrected chi connectivity index (χ4v) is 3.53. The molecule has 0 radical (unpaired) electrons. The first-order valence-electron chi connectivity index (χ1n) is 7.56. The molecule has 0 atom stereocenters. The average Bonchev–Trinajstić information content (AvgIpc) is 3.29. The number of thiophene rings is 1. The van der Waals surface area contributed by atoms with E-state index in [0.29, 0.717) is 4.83 Å². The van der Waals surface area contributed by atoms with E-state index in [1.165, 1.54) is 6.07 Å². The highest BCUT2D eigenvalue weighted by Crippen LogP contribution is 2.40. The summed E-state index contributed by atoms with van der Waals surface area (Å²) in [6.07, 6.45) is 1.95. The minimum absolute atomic E-state index is 0.00463. The number of nitrogens with one attached hydrogen (secondary N) is 1. The van der Waals surface area contributed by atoms with Crippen molar-refractivity contribution in [1.82, 2.24) is 9.97 Å². The number of amides is 1. The van der Waals surface area contributed by atoms with Crippen molar-refractivity contribution < 1.29 is 13.6 Å². The molecule has 1 aliphatic rings. The normalized spacial score (nSPS) is 14.0. The van der Waals surface area contributed by atoms with Crippen LogP contribution >= 0.6 is 11.3 Å². The standard InChI is InChI=1S/C16H13F2N5OS/c17-7-2-1-3-8(18)9(7)12-10-11(19)13(14(20)24)25-15(10)23-16(22-12)21-6-4-5-6/h1-3,6H,4-5,19H2,(H2,20,24)(H,21,22,23). The predicted octanol–water partition coefficient (Wildman–Crippen LogP) is 2.89. The lowest BCUT2D eigenvalue weighted by Crippen LogP contribution is -2.10. The Labute approximate surface area is 144 Å². The lowest BCUT2D eigenvalue weighted by Gasteiger charge is -2.10. The number of carbonyl (C=O) groups is 1. The Kier molecular flexibility index (Phi) is 3.53. The van der Waals surface area contributed by atoms with E-state index < -0.39 is 17.5 Å². The largest absolute Gasteiger partial charge is 0.397 e. The van der Waals surface area contributed by atoms with Crippen LogP contribution in [0.4, 0.5) is 20.4 Å². The first kappa shape index (κ1) is 15.7. The number of carbonyl (C=O) groups excluding carboxylic acids is 1. The summed E-state index contributed by atoms with van der Waals surface area (Å²) in [5.41, 5.74) is 11.1. The molecule has 1 aromatic carbocycles. The van der Waals surface area contributed by atoms with Gasteiger partial charge in [0.25, 0.3) is 5.91 Å². The highest BCUT2D eigenvalue weighted by atomic mass is 32.1. The molecular formula is C16H13F2N5OS. The molecule has 0 aliphatic heterocycles. The third kappa shape index (κ3) is 2.66. The SMILES string of the molecule is NC(=O)c1sc2nc(NC3CC3)nc(-c3c(F)cccc3F)c2c1N. The Morgan fingerprint density at radius 3 is 2.52 bits per heavy atom. The molecule has 6 nitrogen and oxygen atoms in total. The Balaban J connectivity index is 2.04. The third-order valence-corrected chi connectivity index (χ3v) is 5.04. The molecule has 0 spiro atoms. The van der Waals surface area contributed by atoms with Gasteiger partial charge in [0.2, 0.25) is 5.95 Å². The van der Waals surface area contributed by atoms with Gasteiger partial charge in [-0.1, -0.05) is 6.07 Å². The molecule has 4 rings (SSSR count). The van der Waals surface area contributed by atoms with Gasteiger partial charge in [0.05, 0.1) is 22.3 Å². The van der Waals surface area contributed by atoms with Gasteiger partial charge in [-0.2, -0.15) is 0 Å². The molecule has 5 N–H and O–H groups in total. The molecule has 0 saturated heterocycles. The Bertz CT molecular complexity index is 995. The number of fused-ring (bicyclic) bond motifs is 1. The second-order valence-electron chi connectivity index (χ2n) is 5.80. The monoisotopic (exact) mass is 361 g/mol. The molecule has 0 unspecified atom stereocenters. The van der Waals surface area contributed by atoms with Gasteiger partial charge in [-0.15, -0.1) is 11.3 Å². The summed E-state index contributed by atoms with van der Waals surface area (Å²) in [5, 5.41) is 3.32. The van der Waals surface area contributed by atoms with Crippen molar-refractivity contribution >= 4 is 39.1 Å². The van der Waals surface area contributed by atoms with E-state index in [0.717, 1.165) is 36.3 Å². The zero-order valence-electron chi connectivity index (χ0n) is 12.8. The van der Waals surface area contributed by atoms with E-state index in [1.807, 2.05) is 0 Å². The smallest absolute Gasteiger partial charge is 0.260 e. The van der Waals surface area contributed by atoms with Crippen molar-refractivity contribution in [1.29, 1.82) is 0 Å². The van der Waals surface area contributed by atoms with Crippen molar-refractivity contribution in [3.8, 4) is 11.3 Å². The second-order valence-corrected chi connectivity index (χ2v) is 6.80. The summed E-state index contributed by atoms with van der Waals surface area (Å²) in [6, 6.07) is 3.78. The van der Waals surface area contributed by atoms with Gasteiger partial charge in [-0.05, 0) is 25.0 Å². The van der Waals surface area contributed by atoms with E-state index in [4.69, 9.17) is 11.5 Å². The molecule has 1 amide bonds. The first-order valence-corrected chi connectivity index (χ1v) is 8.38. The Hall–Kier alpha value is -2.81. The summed E-state index contributed by atoms with van der Waals surface area (Å²) in [7, 11) is 0. The van der Waals surface area contributed by atoms with Gasteiger partial charge in [0.15, 0.2) is 0 Å². The maximum Gasteiger partial charge on any atom is 0.260 e. The fraction of sp³-hybridized carbons (Fsp3) is 0.188. The number of nitrogens with two attached hydrogens (primary N) is 2. The van der Waals surface area contributed by atoms with E-state index in [-0.39, 0.29) is 39.2 Å². The summed E-state index contributed by atoms with van der Waals surface area (Å²) in [5.74, 6) is -2.03. The van der Waals surface area contributed by atoms with Crippen LogP contribution in [0, 0.1) is 11.6 Å². The van der Waals surface area contributed by atoms with Crippen LogP contribution in [-0.2, 0) is 0 Å². The molecule has 2 heterocycles. The van der Waals surface area contributed by atoms with Gasteiger partial charge in [0.1, 0.15) is 21.3 Å². The highest BCUT2D eigenvalue weighted by molar-refractivity contribution is 7.21. The maximum absolute atomic E-state index is 14.3. The number of anilines is 2. The van der Waals surface area contributed by atoms with Crippen LogP contribution < -0.4 is 16.8 Å². The summed E-state index contributed by atoms with van der Waals surface area (Å²) < 4.78 is 28.6. The second kappa shape index (κ2) is 5.62. The number of benzene rings is 1. The van der Waals surface area contributed by atoms with Crippen molar-refractivity contribution in [2.45, 2.75) is 18.9 Å². The lowest BCUT2D eigenvalue weighted by molar-refractivity contribution is 0.100. The third-order valence-electron chi connectivity index (χ3n) is 3.92. The number of hydrogen-bond acceptors (Lipinski definition) is 6. The van der Waals surface area contributed by atoms with E-state index in [9.17, 15) is 13.6 Å². The minimum atomic E-state index is -0.774. The molecule has 3 aromatic rings. The maximum atomic E-state index is 14.3. The molecular weight excluding hydrogens is 348 g/mol. The highest BCUT2D eigenvalue weighted by Gasteiger charge is 2.26. The number of rotatable bonds is 4. The van der Waals surface area contributed by atoms with Crippen LogP contribution in [0.2, 0.25) is 0 Å². The molecule has 9 heteroatoms. The molecule has 1 saturated carbocycles. The van der Waals surface area contributed by atoms with Crippen molar-refractivity contribution in [3.63, 3.8) is 0 Å². The molecule has 25 heavy (non-hydrogen) atoms. The Morgan fingerprint density at radius 1 is 1.24 bits per heavy atom. The topological polar surface area (TPSA) is 107 Å². The quantitative estimate of drug-likeness (QED) is 0.662. The van der Waals surface area contributed by atoms with Crippen molar-refractivity contribution in [2.75, 3.05) is 11.1 Å². The molecule has 128 valence electrons. The zero-order valence-corrected chi connectivity index (χ0v) is 13.7. The van der Waals surface area contributed by atoms with Gasteiger partial charge in [0, 0.05) is 6.04 Å². The van der Waals surface area contributed by atoms with Crippen LogP contribution in [-0.4, -0.2) is 21.9 Å². The predicted molar refractivity (Wildman–Crippen MR) is 92.3 cm³/mol. The number of hydrogen-bond donors (Lipinski definition) is 3. The average molecular weight is 361 g/mol. The number of aromatic nitrogens is 2. The fourth-order valence-electron chi connectivity index (χ4n) is 2.58. The molecule has 2 aromatic heterocycles.